The van der Waals surface area contributed by atoms with Gasteiger partial charge in [-0.05, 0) is 104 Å². The lowest BCUT2D eigenvalue weighted by molar-refractivity contribution is 0.103. The number of benzene rings is 6. The Morgan fingerprint density at radius 3 is 1.61 bits per heavy atom. The molecule has 0 saturated heterocycles. The predicted octanol–water partition coefficient (Wildman–Crippen LogP) is 9.59. The maximum atomic E-state index is 14.1. The average Bonchev–Trinajstić information content (AvgIpc) is 3.35. The SMILES string of the molecule is O=C1c2cc(-c3cccc(-c4ccccc4)c3)ccc2CCc2ccc(-c3ccc4c(c3)Cc3ccccc3-4)cc21. The van der Waals surface area contributed by atoms with E-state index >= 15 is 0 Å². The number of ketones is 1. The molecule has 194 valence electrons. The molecular formula is C40H28O. The Labute approximate surface area is 240 Å². The van der Waals surface area contributed by atoms with E-state index in [4.69, 9.17) is 0 Å². The van der Waals surface area contributed by atoms with Gasteiger partial charge in [-0.1, -0.05) is 115 Å². The number of hydrogen-bond acceptors (Lipinski definition) is 1. The zero-order valence-corrected chi connectivity index (χ0v) is 22.7. The Bertz CT molecular complexity index is 1980. The summed E-state index contributed by atoms with van der Waals surface area (Å²) >= 11 is 0. The van der Waals surface area contributed by atoms with Gasteiger partial charge in [-0.3, -0.25) is 4.79 Å². The fourth-order valence-corrected chi connectivity index (χ4v) is 6.62. The molecule has 0 heterocycles. The minimum atomic E-state index is 0.129. The van der Waals surface area contributed by atoms with Gasteiger partial charge in [0.2, 0.25) is 0 Å². The summed E-state index contributed by atoms with van der Waals surface area (Å²) < 4.78 is 0. The molecule has 0 aliphatic heterocycles. The van der Waals surface area contributed by atoms with Gasteiger partial charge in [0.15, 0.2) is 5.78 Å². The van der Waals surface area contributed by atoms with Crippen LogP contribution in [0.4, 0.5) is 0 Å². The third kappa shape index (κ3) is 4.13. The number of carbonyl (C=O) groups is 1. The van der Waals surface area contributed by atoms with Gasteiger partial charge in [-0.15, -0.1) is 0 Å². The topological polar surface area (TPSA) is 17.1 Å². The second-order valence-electron chi connectivity index (χ2n) is 11.2. The van der Waals surface area contributed by atoms with Crippen LogP contribution in [0, 0.1) is 0 Å². The van der Waals surface area contributed by atoms with Crippen LogP contribution < -0.4 is 0 Å². The molecule has 0 bridgehead atoms. The normalized spacial score (nSPS) is 13.1. The average molecular weight is 525 g/mol. The zero-order chi connectivity index (χ0) is 27.3. The molecule has 41 heavy (non-hydrogen) atoms. The van der Waals surface area contributed by atoms with E-state index in [0.717, 1.165) is 58.2 Å². The molecule has 6 aromatic rings. The van der Waals surface area contributed by atoms with Crippen LogP contribution in [-0.2, 0) is 19.3 Å². The van der Waals surface area contributed by atoms with Crippen molar-refractivity contribution in [2.45, 2.75) is 19.3 Å². The van der Waals surface area contributed by atoms with E-state index in [1.807, 2.05) is 6.07 Å². The van der Waals surface area contributed by atoms with Gasteiger partial charge in [0, 0.05) is 11.1 Å². The molecule has 0 saturated carbocycles. The molecular weight excluding hydrogens is 496 g/mol. The fourth-order valence-electron chi connectivity index (χ4n) is 6.62. The van der Waals surface area contributed by atoms with Crippen molar-refractivity contribution in [1.29, 1.82) is 0 Å². The summed E-state index contributed by atoms with van der Waals surface area (Å²) in [6, 6.07) is 47.4. The number of rotatable bonds is 3. The fraction of sp³-hybridized carbons (Fsp3) is 0.0750. The van der Waals surface area contributed by atoms with Gasteiger partial charge in [-0.25, -0.2) is 0 Å². The highest BCUT2D eigenvalue weighted by Crippen LogP contribution is 2.39. The van der Waals surface area contributed by atoms with E-state index in [0.29, 0.717) is 0 Å². The van der Waals surface area contributed by atoms with Crippen LogP contribution >= 0.6 is 0 Å². The van der Waals surface area contributed by atoms with E-state index in [1.165, 1.54) is 38.9 Å². The summed E-state index contributed by atoms with van der Waals surface area (Å²) in [6.45, 7) is 0. The minimum Gasteiger partial charge on any atom is -0.289 e. The largest absolute Gasteiger partial charge is 0.289 e. The second-order valence-corrected chi connectivity index (χ2v) is 11.2. The Morgan fingerprint density at radius 1 is 0.341 bits per heavy atom. The van der Waals surface area contributed by atoms with Gasteiger partial charge in [0.1, 0.15) is 0 Å². The number of aryl methyl sites for hydroxylation is 2. The van der Waals surface area contributed by atoms with Crippen molar-refractivity contribution in [3.63, 3.8) is 0 Å². The Morgan fingerprint density at radius 2 is 0.878 bits per heavy atom. The highest BCUT2D eigenvalue weighted by atomic mass is 16.1. The van der Waals surface area contributed by atoms with Crippen LogP contribution in [0.1, 0.15) is 38.2 Å². The van der Waals surface area contributed by atoms with E-state index < -0.39 is 0 Å². The summed E-state index contributed by atoms with van der Waals surface area (Å²) in [5.74, 6) is 0.129. The number of carbonyl (C=O) groups excluding carboxylic acids is 1. The second kappa shape index (κ2) is 9.57. The van der Waals surface area contributed by atoms with Gasteiger partial charge >= 0.3 is 0 Å². The maximum Gasteiger partial charge on any atom is 0.193 e. The molecule has 2 aliphatic rings. The summed E-state index contributed by atoms with van der Waals surface area (Å²) in [5, 5.41) is 0. The standard InChI is InChI=1S/C40H28O/c41-40-38-24-32(30-11-6-10-29(21-30)26-7-2-1-3-8-26)17-15-27(38)13-14-28-16-18-33(25-39(28)40)31-19-20-37-35(22-31)23-34-9-4-5-12-36(34)37/h1-12,15-22,24-25H,13-14,23H2. The van der Waals surface area contributed by atoms with Crippen molar-refractivity contribution < 1.29 is 4.79 Å². The van der Waals surface area contributed by atoms with Gasteiger partial charge in [0.05, 0.1) is 0 Å². The third-order valence-corrected chi connectivity index (χ3v) is 8.80. The predicted molar refractivity (Wildman–Crippen MR) is 168 cm³/mol. The summed E-state index contributed by atoms with van der Waals surface area (Å²) in [7, 11) is 0. The first-order valence-electron chi connectivity index (χ1n) is 14.4. The monoisotopic (exact) mass is 524 g/mol. The first kappa shape index (κ1) is 23.8. The van der Waals surface area contributed by atoms with Gasteiger partial charge < -0.3 is 0 Å². The molecule has 0 fully saturated rings. The Kier molecular flexibility index (Phi) is 5.57. The molecule has 0 unspecified atom stereocenters. The van der Waals surface area contributed by atoms with E-state index in [-0.39, 0.29) is 5.78 Å². The molecule has 2 aliphatic carbocycles. The van der Waals surface area contributed by atoms with Crippen LogP contribution in [0.25, 0.3) is 44.5 Å². The lowest BCUT2D eigenvalue weighted by Crippen LogP contribution is -2.05. The smallest absolute Gasteiger partial charge is 0.193 e. The van der Waals surface area contributed by atoms with E-state index in [2.05, 4.69) is 127 Å². The first-order valence-corrected chi connectivity index (χ1v) is 14.4. The van der Waals surface area contributed by atoms with Crippen molar-refractivity contribution >= 4 is 5.78 Å². The number of fused-ring (bicyclic) bond motifs is 5. The molecule has 1 heteroatoms. The maximum absolute atomic E-state index is 14.1. The summed E-state index contributed by atoms with van der Waals surface area (Å²) in [5.41, 5.74) is 16.2. The Balaban J connectivity index is 1.15. The van der Waals surface area contributed by atoms with E-state index in [1.54, 1.807) is 0 Å². The molecule has 0 amide bonds. The molecule has 6 aromatic carbocycles. The van der Waals surface area contributed by atoms with E-state index in [9.17, 15) is 4.79 Å². The van der Waals surface area contributed by atoms with Crippen molar-refractivity contribution in [2.75, 3.05) is 0 Å². The molecule has 1 nitrogen and oxygen atoms in total. The molecule has 0 radical (unpaired) electrons. The highest BCUT2D eigenvalue weighted by molar-refractivity contribution is 6.12. The first-order chi connectivity index (χ1) is 20.2. The van der Waals surface area contributed by atoms with Crippen molar-refractivity contribution in [2.24, 2.45) is 0 Å². The van der Waals surface area contributed by atoms with Gasteiger partial charge in [-0.2, -0.15) is 0 Å². The molecule has 0 N–H and O–H groups in total. The van der Waals surface area contributed by atoms with Crippen molar-refractivity contribution in [3.8, 4) is 44.5 Å². The minimum absolute atomic E-state index is 0.129. The lowest BCUT2D eigenvalue weighted by Gasteiger charge is -2.12. The van der Waals surface area contributed by atoms with Crippen molar-refractivity contribution in [1.82, 2.24) is 0 Å². The van der Waals surface area contributed by atoms with Crippen LogP contribution in [0.15, 0.2) is 133 Å². The van der Waals surface area contributed by atoms with Crippen molar-refractivity contribution in [3.05, 3.63) is 167 Å². The summed E-state index contributed by atoms with van der Waals surface area (Å²) in [4.78, 5) is 14.1. The summed E-state index contributed by atoms with van der Waals surface area (Å²) in [6.07, 6.45) is 2.70. The molecule has 0 spiro atoms. The van der Waals surface area contributed by atoms with Crippen LogP contribution in [-0.4, -0.2) is 5.78 Å². The third-order valence-electron chi connectivity index (χ3n) is 8.80. The van der Waals surface area contributed by atoms with Gasteiger partial charge in [0.25, 0.3) is 0 Å². The number of hydrogen-bond donors (Lipinski definition) is 0. The molecule has 0 atom stereocenters. The zero-order valence-electron chi connectivity index (χ0n) is 22.7. The lowest BCUT2D eigenvalue weighted by atomic mass is 9.91. The molecule has 8 rings (SSSR count). The van der Waals surface area contributed by atoms with Crippen LogP contribution in [0.3, 0.4) is 0 Å². The highest BCUT2D eigenvalue weighted by Gasteiger charge is 2.23. The van der Waals surface area contributed by atoms with Crippen LogP contribution in [0.5, 0.6) is 0 Å². The van der Waals surface area contributed by atoms with Crippen LogP contribution in [0.2, 0.25) is 0 Å². The molecule has 0 aromatic heterocycles. The Hall–Kier alpha value is -5.01. The quantitative estimate of drug-likeness (QED) is 0.225.